The Kier molecular flexibility index (Phi) is 5.75. The molecule has 0 aromatic carbocycles. The Labute approximate surface area is 184 Å². The van der Waals surface area contributed by atoms with Crippen LogP contribution in [0.1, 0.15) is 69.0 Å². The number of hydrogen-bond donors (Lipinski definition) is 2. The number of aliphatic hydroxyl groups excluding tert-OH is 1. The molecule has 0 amide bonds. The Bertz CT molecular complexity index is 962. The van der Waals surface area contributed by atoms with Crippen molar-refractivity contribution in [3.63, 3.8) is 0 Å². The van der Waals surface area contributed by atoms with Crippen LogP contribution in [0, 0.1) is 0 Å². The van der Waals surface area contributed by atoms with Crippen molar-refractivity contribution in [2.24, 2.45) is 0 Å². The molecule has 1 aliphatic carbocycles. The standard InChI is InChI=1S/C24H35N5O2/c1-15(14-31-3)26-24-25-13-23-21(17-10-18-6-7-19(11-17)28(18)2)12-22(29(23)27-24)16-4-8-20(30)9-5-16/h10,12-13,15-16,18-20,30H,4-9,11,14H2,1-3H3,(H,26,27)/t15-,16?,18+,19-,20?/m0/s1. The molecule has 0 unspecified atom stereocenters. The van der Waals surface area contributed by atoms with Crippen LogP contribution in [0.25, 0.3) is 11.1 Å². The molecule has 0 radical (unpaired) electrons. The summed E-state index contributed by atoms with van der Waals surface area (Å²) in [6, 6.07) is 3.70. The van der Waals surface area contributed by atoms with E-state index in [1.807, 2.05) is 6.20 Å². The molecule has 7 heteroatoms. The fourth-order valence-electron chi connectivity index (χ4n) is 5.75. The molecule has 31 heavy (non-hydrogen) atoms. The number of nitrogens with zero attached hydrogens (tertiary/aromatic N) is 4. The van der Waals surface area contributed by atoms with Gasteiger partial charge in [0.1, 0.15) is 0 Å². The number of aliphatic hydroxyl groups is 1. The lowest BCUT2D eigenvalue weighted by Gasteiger charge is -2.30. The summed E-state index contributed by atoms with van der Waals surface area (Å²) in [5.74, 6) is 1.06. The van der Waals surface area contributed by atoms with Gasteiger partial charge >= 0.3 is 0 Å². The lowest BCUT2D eigenvalue weighted by Crippen LogP contribution is -2.34. The van der Waals surface area contributed by atoms with Crippen LogP contribution >= 0.6 is 0 Å². The highest BCUT2D eigenvalue weighted by molar-refractivity contribution is 5.80. The molecule has 3 atom stereocenters. The average molecular weight is 426 g/mol. The molecule has 4 heterocycles. The molecule has 1 saturated heterocycles. The number of aromatic nitrogens is 3. The number of likely N-dealkylation sites (N-methyl/N-ethyl adjacent to an activating group) is 1. The molecule has 5 rings (SSSR count). The van der Waals surface area contributed by atoms with Crippen molar-refractivity contribution in [2.45, 2.75) is 82.0 Å². The molecular formula is C24H35N5O2. The van der Waals surface area contributed by atoms with Gasteiger partial charge in [-0.15, -0.1) is 5.10 Å². The Morgan fingerprint density at radius 1 is 1.23 bits per heavy atom. The number of rotatable bonds is 6. The normalized spacial score (nSPS) is 29.9. The van der Waals surface area contributed by atoms with Crippen LogP contribution < -0.4 is 5.32 Å². The van der Waals surface area contributed by atoms with E-state index in [-0.39, 0.29) is 12.1 Å². The van der Waals surface area contributed by atoms with Crippen molar-refractivity contribution in [1.82, 2.24) is 19.5 Å². The van der Waals surface area contributed by atoms with Gasteiger partial charge in [0.05, 0.1) is 24.4 Å². The first-order valence-corrected chi connectivity index (χ1v) is 11.8. The van der Waals surface area contributed by atoms with Crippen molar-refractivity contribution in [1.29, 1.82) is 0 Å². The summed E-state index contributed by atoms with van der Waals surface area (Å²) in [4.78, 5) is 7.18. The molecule has 7 nitrogen and oxygen atoms in total. The topological polar surface area (TPSA) is 74.9 Å². The second-order valence-corrected chi connectivity index (χ2v) is 9.73. The van der Waals surface area contributed by atoms with Gasteiger partial charge in [0.2, 0.25) is 5.95 Å². The van der Waals surface area contributed by atoms with E-state index in [1.54, 1.807) is 7.11 Å². The van der Waals surface area contributed by atoms with E-state index < -0.39 is 0 Å². The summed E-state index contributed by atoms with van der Waals surface area (Å²) in [6.07, 6.45) is 11.7. The molecule has 2 aromatic heterocycles. The predicted octanol–water partition coefficient (Wildman–Crippen LogP) is 3.44. The van der Waals surface area contributed by atoms with Crippen LogP contribution in [-0.4, -0.2) is 69.6 Å². The summed E-state index contributed by atoms with van der Waals surface area (Å²) in [5, 5.41) is 18.3. The first-order valence-electron chi connectivity index (χ1n) is 11.8. The van der Waals surface area contributed by atoms with Crippen molar-refractivity contribution in [2.75, 3.05) is 26.1 Å². The summed E-state index contributed by atoms with van der Waals surface area (Å²) >= 11 is 0. The lowest BCUT2D eigenvalue weighted by molar-refractivity contribution is 0.121. The Hall–Kier alpha value is -1.96. The Morgan fingerprint density at radius 3 is 2.77 bits per heavy atom. The molecule has 3 aliphatic rings. The molecule has 2 bridgehead atoms. The maximum absolute atomic E-state index is 10.0. The van der Waals surface area contributed by atoms with Crippen molar-refractivity contribution in [3.05, 3.63) is 29.6 Å². The minimum atomic E-state index is -0.157. The number of ether oxygens (including phenoxy) is 1. The van der Waals surface area contributed by atoms with Crippen LogP contribution in [-0.2, 0) is 4.74 Å². The first-order chi connectivity index (χ1) is 15.0. The quantitative estimate of drug-likeness (QED) is 0.738. The third-order valence-corrected chi connectivity index (χ3v) is 7.54. The highest BCUT2D eigenvalue weighted by atomic mass is 16.5. The van der Waals surface area contributed by atoms with Gasteiger partial charge in [-0.25, -0.2) is 9.50 Å². The third kappa shape index (κ3) is 3.99. The van der Waals surface area contributed by atoms with Crippen LogP contribution in [0.2, 0.25) is 0 Å². The van der Waals surface area contributed by atoms with E-state index in [2.05, 4.69) is 45.8 Å². The van der Waals surface area contributed by atoms with Crippen LogP contribution in [0.4, 0.5) is 5.95 Å². The summed E-state index contributed by atoms with van der Waals surface area (Å²) in [7, 11) is 3.97. The van der Waals surface area contributed by atoms with E-state index in [1.165, 1.54) is 29.7 Å². The number of nitrogens with one attached hydrogen (secondary N) is 1. The van der Waals surface area contributed by atoms with Gasteiger partial charge in [0.15, 0.2) is 0 Å². The first kappa shape index (κ1) is 20.9. The zero-order chi connectivity index (χ0) is 21.5. The van der Waals surface area contributed by atoms with E-state index in [9.17, 15) is 5.11 Å². The molecule has 2 aromatic rings. The van der Waals surface area contributed by atoms with Crippen LogP contribution in [0.15, 0.2) is 18.3 Å². The van der Waals surface area contributed by atoms with E-state index in [0.717, 1.165) is 37.6 Å². The van der Waals surface area contributed by atoms with Crippen LogP contribution in [0.3, 0.4) is 0 Å². The van der Waals surface area contributed by atoms with E-state index in [0.29, 0.717) is 30.6 Å². The van der Waals surface area contributed by atoms with E-state index >= 15 is 0 Å². The smallest absolute Gasteiger partial charge is 0.241 e. The number of anilines is 1. The van der Waals surface area contributed by atoms with Gasteiger partial charge in [-0.05, 0) is 70.6 Å². The second kappa shape index (κ2) is 8.52. The Balaban J connectivity index is 1.54. The molecular weight excluding hydrogens is 390 g/mol. The van der Waals surface area contributed by atoms with Gasteiger partial charge in [-0.2, -0.15) is 0 Å². The third-order valence-electron chi connectivity index (χ3n) is 7.54. The average Bonchev–Trinajstić information content (AvgIpc) is 3.20. The van der Waals surface area contributed by atoms with E-state index in [4.69, 9.17) is 9.84 Å². The lowest BCUT2D eigenvalue weighted by atomic mass is 9.85. The van der Waals surface area contributed by atoms with Gasteiger partial charge in [-0.1, -0.05) is 6.08 Å². The molecule has 168 valence electrons. The molecule has 0 spiro atoms. The largest absolute Gasteiger partial charge is 0.393 e. The van der Waals surface area contributed by atoms with Gasteiger partial charge < -0.3 is 15.2 Å². The number of fused-ring (bicyclic) bond motifs is 3. The maximum Gasteiger partial charge on any atom is 0.241 e. The summed E-state index contributed by atoms with van der Waals surface area (Å²) in [6.45, 7) is 2.68. The van der Waals surface area contributed by atoms with Crippen molar-refractivity contribution in [3.8, 4) is 0 Å². The van der Waals surface area contributed by atoms with Crippen LogP contribution in [0.5, 0.6) is 0 Å². The summed E-state index contributed by atoms with van der Waals surface area (Å²) < 4.78 is 7.37. The highest BCUT2D eigenvalue weighted by Crippen LogP contribution is 2.41. The van der Waals surface area contributed by atoms with Crippen molar-refractivity contribution < 1.29 is 9.84 Å². The molecule has 2 fully saturated rings. The highest BCUT2D eigenvalue weighted by Gasteiger charge is 2.35. The second-order valence-electron chi connectivity index (χ2n) is 9.73. The predicted molar refractivity (Wildman–Crippen MR) is 122 cm³/mol. The summed E-state index contributed by atoms with van der Waals surface area (Å²) in [5.41, 5.74) is 5.10. The molecule has 2 N–H and O–H groups in total. The zero-order valence-corrected chi connectivity index (χ0v) is 18.9. The maximum atomic E-state index is 10.0. The van der Waals surface area contributed by atoms with Gasteiger partial charge in [0, 0.05) is 42.4 Å². The molecule has 1 saturated carbocycles. The fraction of sp³-hybridized carbons (Fsp3) is 0.667. The fourth-order valence-corrected chi connectivity index (χ4v) is 5.75. The molecule has 2 aliphatic heterocycles. The van der Waals surface area contributed by atoms with Gasteiger partial charge in [-0.3, -0.25) is 4.90 Å². The van der Waals surface area contributed by atoms with Gasteiger partial charge in [0.25, 0.3) is 0 Å². The monoisotopic (exact) mass is 425 g/mol. The van der Waals surface area contributed by atoms with Crippen molar-refractivity contribution >= 4 is 17.0 Å². The Morgan fingerprint density at radius 2 is 2.03 bits per heavy atom. The number of hydrogen-bond acceptors (Lipinski definition) is 6. The number of methoxy groups -OCH3 is 1. The zero-order valence-electron chi connectivity index (χ0n) is 18.9. The minimum absolute atomic E-state index is 0.137. The SMILES string of the molecule is COC[C@H](C)Nc1ncc2c(C3=C[C@H]4CC[C@@H](C3)N4C)cc(C3CCC(O)CC3)n2n1. The minimum Gasteiger partial charge on any atom is -0.393 e.